The first-order chi connectivity index (χ1) is 8.46. The SMILES string of the molecule is CCOc1ccc(C#CS(=O)(=O)F)cc1OCC. The van der Waals surface area contributed by atoms with Crippen molar-refractivity contribution >= 4 is 10.2 Å². The Morgan fingerprint density at radius 3 is 2.33 bits per heavy atom. The van der Waals surface area contributed by atoms with Crippen LogP contribution < -0.4 is 9.47 Å². The van der Waals surface area contributed by atoms with Crippen LogP contribution >= 0.6 is 0 Å². The predicted molar refractivity (Wildman–Crippen MR) is 65.7 cm³/mol. The van der Waals surface area contributed by atoms with E-state index in [0.29, 0.717) is 30.3 Å². The molecule has 0 aliphatic rings. The standard InChI is InChI=1S/C12H13FO4S/c1-3-16-11-6-5-10(7-8-18(13,14)15)9-12(11)17-4-2/h5-6,9H,3-4H2,1-2H3. The summed E-state index contributed by atoms with van der Waals surface area (Å²) in [7, 11) is -4.80. The van der Waals surface area contributed by atoms with Crippen molar-refractivity contribution in [3.63, 3.8) is 0 Å². The molecule has 6 heteroatoms. The van der Waals surface area contributed by atoms with Crippen LogP contribution in [0.5, 0.6) is 11.5 Å². The molecule has 0 saturated carbocycles. The molecule has 0 fully saturated rings. The van der Waals surface area contributed by atoms with Crippen molar-refractivity contribution in [2.45, 2.75) is 13.8 Å². The molecule has 98 valence electrons. The highest BCUT2D eigenvalue weighted by Gasteiger charge is 2.05. The first-order valence-electron chi connectivity index (χ1n) is 5.33. The van der Waals surface area contributed by atoms with Gasteiger partial charge in [0.1, 0.15) is 0 Å². The average molecular weight is 272 g/mol. The molecule has 1 rings (SSSR count). The predicted octanol–water partition coefficient (Wildman–Crippen LogP) is 2.09. The molecule has 0 aromatic heterocycles. The van der Waals surface area contributed by atoms with Crippen molar-refractivity contribution < 1.29 is 21.8 Å². The van der Waals surface area contributed by atoms with Crippen LogP contribution in [-0.2, 0) is 10.2 Å². The topological polar surface area (TPSA) is 52.6 Å². The molecule has 18 heavy (non-hydrogen) atoms. The Hall–Kier alpha value is -1.74. The maximum Gasteiger partial charge on any atom is 0.373 e. The average Bonchev–Trinajstić information content (AvgIpc) is 2.29. The minimum atomic E-state index is -4.80. The van der Waals surface area contributed by atoms with Gasteiger partial charge in [-0.2, -0.15) is 8.42 Å². The van der Waals surface area contributed by atoms with Crippen LogP contribution in [-0.4, -0.2) is 21.6 Å². The maximum atomic E-state index is 12.3. The van der Waals surface area contributed by atoms with Crippen LogP contribution in [0.3, 0.4) is 0 Å². The monoisotopic (exact) mass is 272 g/mol. The molecule has 0 atom stereocenters. The Kier molecular flexibility index (Phi) is 4.98. The third-order valence-corrected chi connectivity index (χ3v) is 2.21. The number of rotatable bonds is 4. The summed E-state index contributed by atoms with van der Waals surface area (Å²) in [4.78, 5) is 0. The Labute approximate surface area is 106 Å². The van der Waals surface area contributed by atoms with Crippen LogP contribution in [0.2, 0.25) is 0 Å². The smallest absolute Gasteiger partial charge is 0.373 e. The minimum Gasteiger partial charge on any atom is -0.490 e. The van der Waals surface area contributed by atoms with Gasteiger partial charge >= 0.3 is 10.2 Å². The number of halogens is 1. The molecule has 1 aromatic carbocycles. The number of benzene rings is 1. The normalized spacial score (nSPS) is 10.4. The lowest BCUT2D eigenvalue weighted by atomic mass is 10.2. The summed E-state index contributed by atoms with van der Waals surface area (Å²) >= 11 is 0. The van der Waals surface area contributed by atoms with E-state index in [0.717, 1.165) is 0 Å². The summed E-state index contributed by atoms with van der Waals surface area (Å²) in [5.41, 5.74) is 0.336. The highest BCUT2D eigenvalue weighted by Crippen LogP contribution is 2.28. The molecule has 0 bridgehead atoms. The summed E-state index contributed by atoms with van der Waals surface area (Å²) in [6, 6.07) is 4.64. The van der Waals surface area contributed by atoms with Gasteiger partial charge in [0, 0.05) is 5.56 Å². The van der Waals surface area contributed by atoms with E-state index in [1.807, 2.05) is 6.92 Å². The van der Waals surface area contributed by atoms with Gasteiger partial charge in [-0.3, -0.25) is 0 Å². The van der Waals surface area contributed by atoms with Gasteiger partial charge < -0.3 is 9.47 Å². The van der Waals surface area contributed by atoms with Crippen molar-refractivity contribution in [2.75, 3.05) is 13.2 Å². The van der Waals surface area contributed by atoms with Crippen LogP contribution in [0, 0.1) is 11.2 Å². The van der Waals surface area contributed by atoms with Crippen molar-refractivity contribution in [3.8, 4) is 22.7 Å². The van der Waals surface area contributed by atoms with E-state index >= 15 is 0 Å². The van der Waals surface area contributed by atoms with Crippen molar-refractivity contribution in [1.82, 2.24) is 0 Å². The van der Waals surface area contributed by atoms with Crippen LogP contribution in [0.1, 0.15) is 19.4 Å². The molecular formula is C12H13FO4S. The number of ether oxygens (including phenoxy) is 2. The van der Waals surface area contributed by atoms with Gasteiger partial charge in [-0.15, -0.1) is 0 Å². The Morgan fingerprint density at radius 1 is 1.17 bits per heavy atom. The first-order valence-corrected chi connectivity index (χ1v) is 6.71. The third-order valence-electron chi connectivity index (χ3n) is 1.86. The molecule has 0 N–H and O–H groups in total. The van der Waals surface area contributed by atoms with Crippen molar-refractivity contribution in [1.29, 1.82) is 0 Å². The molecule has 0 aliphatic heterocycles. The van der Waals surface area contributed by atoms with E-state index in [9.17, 15) is 12.3 Å². The zero-order valence-corrected chi connectivity index (χ0v) is 10.9. The second-order valence-corrected chi connectivity index (χ2v) is 4.27. The van der Waals surface area contributed by atoms with E-state index in [-0.39, 0.29) is 0 Å². The van der Waals surface area contributed by atoms with Gasteiger partial charge in [0.2, 0.25) is 0 Å². The molecule has 0 radical (unpaired) electrons. The molecule has 1 aromatic rings. The fourth-order valence-corrected chi connectivity index (χ4v) is 1.49. The maximum absolute atomic E-state index is 12.3. The lowest BCUT2D eigenvalue weighted by Gasteiger charge is -2.10. The van der Waals surface area contributed by atoms with Crippen LogP contribution in [0.4, 0.5) is 3.89 Å². The Balaban J connectivity index is 3.09. The van der Waals surface area contributed by atoms with E-state index in [2.05, 4.69) is 5.92 Å². The molecule has 0 heterocycles. The molecule has 0 spiro atoms. The van der Waals surface area contributed by atoms with E-state index in [1.165, 1.54) is 17.4 Å². The quantitative estimate of drug-likeness (QED) is 0.622. The van der Waals surface area contributed by atoms with Gasteiger partial charge in [-0.05, 0) is 38.0 Å². The zero-order chi connectivity index (χ0) is 13.6. The van der Waals surface area contributed by atoms with Crippen molar-refractivity contribution in [2.24, 2.45) is 0 Å². The lowest BCUT2D eigenvalue weighted by Crippen LogP contribution is -1.98. The second kappa shape index (κ2) is 6.26. The zero-order valence-electron chi connectivity index (χ0n) is 10.1. The Bertz CT molecular complexity index is 569. The van der Waals surface area contributed by atoms with Crippen molar-refractivity contribution in [3.05, 3.63) is 23.8 Å². The summed E-state index contributed by atoms with van der Waals surface area (Å²) in [5.74, 6) is 3.19. The highest BCUT2D eigenvalue weighted by molar-refractivity contribution is 7.91. The Morgan fingerprint density at radius 2 is 1.78 bits per heavy atom. The van der Waals surface area contributed by atoms with E-state index in [4.69, 9.17) is 9.47 Å². The molecule has 0 saturated heterocycles. The fourth-order valence-electron chi connectivity index (χ4n) is 1.25. The van der Waals surface area contributed by atoms with Gasteiger partial charge in [0.05, 0.1) is 18.5 Å². The third kappa shape index (κ3) is 4.63. The van der Waals surface area contributed by atoms with Crippen LogP contribution in [0.25, 0.3) is 0 Å². The summed E-state index contributed by atoms with van der Waals surface area (Å²) in [6.07, 6.45) is 0. The molecule has 0 aliphatic carbocycles. The summed E-state index contributed by atoms with van der Waals surface area (Å²) in [6.45, 7) is 4.54. The minimum absolute atomic E-state index is 0.336. The second-order valence-electron chi connectivity index (χ2n) is 3.19. The van der Waals surface area contributed by atoms with Gasteiger partial charge in [-0.25, -0.2) is 0 Å². The molecule has 4 nitrogen and oxygen atoms in total. The lowest BCUT2D eigenvalue weighted by molar-refractivity contribution is 0.287. The number of hydrogen-bond donors (Lipinski definition) is 0. The molecular weight excluding hydrogens is 259 g/mol. The number of hydrogen-bond acceptors (Lipinski definition) is 4. The van der Waals surface area contributed by atoms with Gasteiger partial charge in [0.15, 0.2) is 11.5 Å². The first kappa shape index (κ1) is 14.3. The summed E-state index contributed by atoms with van der Waals surface area (Å²) < 4.78 is 43.5. The van der Waals surface area contributed by atoms with Gasteiger partial charge in [0.25, 0.3) is 0 Å². The highest BCUT2D eigenvalue weighted by atomic mass is 32.3. The fraction of sp³-hybridized carbons (Fsp3) is 0.333. The molecule has 0 unspecified atom stereocenters. The van der Waals surface area contributed by atoms with E-state index in [1.54, 1.807) is 13.0 Å². The molecule has 0 amide bonds. The largest absolute Gasteiger partial charge is 0.490 e. The van der Waals surface area contributed by atoms with Crippen LogP contribution in [0.15, 0.2) is 18.2 Å². The van der Waals surface area contributed by atoms with Gasteiger partial charge in [-0.1, -0.05) is 3.89 Å². The van der Waals surface area contributed by atoms with E-state index < -0.39 is 10.2 Å². The summed E-state index contributed by atoms with van der Waals surface area (Å²) in [5, 5.41) is 1.52.